The predicted molar refractivity (Wildman–Crippen MR) is 97.3 cm³/mol. The second-order valence-corrected chi connectivity index (χ2v) is 6.54. The van der Waals surface area contributed by atoms with Crippen molar-refractivity contribution in [3.8, 4) is 0 Å². The van der Waals surface area contributed by atoms with Crippen LogP contribution < -0.4 is 5.32 Å². The maximum Gasteiger partial charge on any atom is 0.224 e. The molecule has 1 N–H and O–H groups in total. The van der Waals surface area contributed by atoms with Gasteiger partial charge in [0, 0.05) is 27.7 Å². The van der Waals surface area contributed by atoms with Crippen molar-refractivity contribution in [3.63, 3.8) is 0 Å². The summed E-state index contributed by atoms with van der Waals surface area (Å²) >= 11 is 2.19. The lowest BCUT2D eigenvalue weighted by Crippen LogP contribution is -2.14. The number of hydrogen-bond donors (Lipinski definition) is 1. The fourth-order valence-electron chi connectivity index (χ4n) is 2.09. The predicted octanol–water partition coefficient (Wildman–Crippen LogP) is 4.51. The smallest absolute Gasteiger partial charge is 0.224 e. The molecular weight excluding hydrogens is 389 g/mol. The molecule has 0 spiro atoms. The molecule has 0 aliphatic rings. The zero-order chi connectivity index (χ0) is 16.1. The lowest BCUT2D eigenvalue weighted by atomic mass is 10.1. The minimum atomic E-state index is -0.132. The summed E-state index contributed by atoms with van der Waals surface area (Å²) < 4.78 is 1.09. The summed E-state index contributed by atoms with van der Waals surface area (Å²) in [5.41, 5.74) is 3.57. The van der Waals surface area contributed by atoms with Crippen LogP contribution in [0.5, 0.6) is 0 Å². The maximum absolute atomic E-state index is 12.1. The first-order chi connectivity index (χ1) is 10.5. The van der Waals surface area contributed by atoms with E-state index in [9.17, 15) is 9.59 Å². The molecule has 0 atom stereocenters. The van der Waals surface area contributed by atoms with Crippen molar-refractivity contribution >= 4 is 40.0 Å². The summed E-state index contributed by atoms with van der Waals surface area (Å²) in [6, 6.07) is 13.3. The second kappa shape index (κ2) is 7.54. The number of carbonyl (C=O) groups excluding carboxylic acids is 2. The number of anilines is 1. The number of halogens is 1. The lowest BCUT2D eigenvalue weighted by Gasteiger charge is -2.09. The topological polar surface area (TPSA) is 46.2 Å². The number of Topliss-reactive ketones (excluding diaryl/α,β-unsaturated/α-hetero) is 1. The molecule has 0 aliphatic carbocycles. The highest BCUT2D eigenvalue weighted by Gasteiger charge is 2.10. The van der Waals surface area contributed by atoms with Crippen molar-refractivity contribution in [1.29, 1.82) is 0 Å². The molecule has 0 saturated carbocycles. The van der Waals surface area contributed by atoms with Crippen LogP contribution in [0.4, 0.5) is 5.69 Å². The van der Waals surface area contributed by atoms with E-state index in [0.717, 1.165) is 20.4 Å². The van der Waals surface area contributed by atoms with E-state index < -0.39 is 0 Å². The Morgan fingerprint density at radius 2 is 1.68 bits per heavy atom. The van der Waals surface area contributed by atoms with E-state index in [4.69, 9.17) is 0 Å². The third-order valence-electron chi connectivity index (χ3n) is 3.41. The van der Waals surface area contributed by atoms with Crippen LogP contribution in [-0.2, 0) is 4.79 Å². The largest absolute Gasteiger partial charge is 0.326 e. The monoisotopic (exact) mass is 407 g/mol. The number of ketones is 1. The van der Waals surface area contributed by atoms with E-state index in [-0.39, 0.29) is 24.5 Å². The first-order valence-corrected chi connectivity index (χ1v) is 8.19. The summed E-state index contributed by atoms with van der Waals surface area (Å²) in [6.07, 6.45) is 0.412. The normalized spacial score (nSPS) is 10.3. The number of amides is 1. The number of rotatable bonds is 5. The molecule has 0 aromatic heterocycles. The molecule has 0 radical (unpaired) electrons. The molecule has 2 rings (SSSR count). The Morgan fingerprint density at radius 3 is 2.36 bits per heavy atom. The molecule has 0 saturated heterocycles. The Kier molecular flexibility index (Phi) is 5.71. The first-order valence-electron chi connectivity index (χ1n) is 7.11. The minimum absolute atomic E-state index is 0.00693. The third kappa shape index (κ3) is 4.66. The van der Waals surface area contributed by atoms with Gasteiger partial charge in [-0.15, -0.1) is 0 Å². The number of nitrogens with one attached hydrogen (secondary N) is 1. The number of aryl methyl sites for hydroxylation is 2. The van der Waals surface area contributed by atoms with Gasteiger partial charge in [0.2, 0.25) is 5.91 Å². The molecule has 0 unspecified atom stereocenters. The SMILES string of the molecule is Cc1ccc(C)c(NC(=O)CCC(=O)c2ccc(I)cc2)c1. The molecule has 2 aromatic rings. The van der Waals surface area contributed by atoms with Gasteiger partial charge in [0.05, 0.1) is 0 Å². The molecule has 4 heteroatoms. The molecule has 114 valence electrons. The Hall–Kier alpha value is -1.69. The molecule has 0 bridgehead atoms. The fraction of sp³-hybridized carbons (Fsp3) is 0.222. The minimum Gasteiger partial charge on any atom is -0.326 e. The van der Waals surface area contributed by atoms with Crippen LogP contribution >= 0.6 is 22.6 Å². The first kappa shape index (κ1) is 16.7. The quantitative estimate of drug-likeness (QED) is 0.586. The van der Waals surface area contributed by atoms with Gasteiger partial charge in [-0.25, -0.2) is 0 Å². The van der Waals surface area contributed by atoms with Gasteiger partial charge >= 0.3 is 0 Å². The average Bonchev–Trinajstić information content (AvgIpc) is 2.49. The number of carbonyl (C=O) groups is 2. The average molecular weight is 407 g/mol. The van der Waals surface area contributed by atoms with Crippen molar-refractivity contribution in [2.45, 2.75) is 26.7 Å². The van der Waals surface area contributed by atoms with E-state index >= 15 is 0 Å². The Balaban J connectivity index is 1.91. The van der Waals surface area contributed by atoms with E-state index in [1.807, 2.05) is 44.2 Å². The number of benzene rings is 2. The molecular formula is C18H18INO2. The summed E-state index contributed by atoms with van der Waals surface area (Å²) in [5, 5.41) is 2.87. The van der Waals surface area contributed by atoms with Crippen LogP contribution in [-0.4, -0.2) is 11.7 Å². The van der Waals surface area contributed by atoms with Crippen molar-refractivity contribution < 1.29 is 9.59 Å². The van der Waals surface area contributed by atoms with Gasteiger partial charge in [0.1, 0.15) is 0 Å². The van der Waals surface area contributed by atoms with Gasteiger partial charge in [0.25, 0.3) is 0 Å². The number of hydrogen-bond acceptors (Lipinski definition) is 2. The standard InChI is InChI=1S/C18H18INO2/c1-12-3-4-13(2)16(11-12)20-18(22)10-9-17(21)14-5-7-15(19)8-6-14/h3-8,11H,9-10H2,1-2H3,(H,20,22). The zero-order valence-electron chi connectivity index (χ0n) is 12.7. The molecule has 22 heavy (non-hydrogen) atoms. The summed E-state index contributed by atoms with van der Waals surface area (Å²) in [4.78, 5) is 24.1. The van der Waals surface area contributed by atoms with E-state index in [0.29, 0.717) is 5.56 Å². The van der Waals surface area contributed by atoms with Crippen LogP contribution in [0.1, 0.15) is 34.3 Å². The third-order valence-corrected chi connectivity index (χ3v) is 4.13. The molecule has 0 fully saturated rings. The van der Waals surface area contributed by atoms with Gasteiger partial charge in [0.15, 0.2) is 5.78 Å². The van der Waals surface area contributed by atoms with Gasteiger partial charge in [-0.05, 0) is 65.8 Å². The molecule has 3 nitrogen and oxygen atoms in total. The Morgan fingerprint density at radius 1 is 1.00 bits per heavy atom. The molecule has 0 heterocycles. The molecule has 0 aliphatic heterocycles. The highest BCUT2D eigenvalue weighted by atomic mass is 127. The van der Waals surface area contributed by atoms with Crippen molar-refractivity contribution in [2.75, 3.05) is 5.32 Å². The second-order valence-electron chi connectivity index (χ2n) is 5.30. The van der Waals surface area contributed by atoms with Crippen molar-refractivity contribution in [2.24, 2.45) is 0 Å². The molecule has 2 aromatic carbocycles. The van der Waals surface area contributed by atoms with Crippen LogP contribution in [0.3, 0.4) is 0 Å². The zero-order valence-corrected chi connectivity index (χ0v) is 14.8. The van der Waals surface area contributed by atoms with Gasteiger partial charge < -0.3 is 5.32 Å². The van der Waals surface area contributed by atoms with Crippen LogP contribution in [0.2, 0.25) is 0 Å². The van der Waals surface area contributed by atoms with Crippen molar-refractivity contribution in [1.82, 2.24) is 0 Å². The summed E-state index contributed by atoms with van der Waals surface area (Å²) in [5.74, 6) is -0.139. The van der Waals surface area contributed by atoms with Gasteiger partial charge in [-0.2, -0.15) is 0 Å². The van der Waals surface area contributed by atoms with Gasteiger partial charge in [-0.1, -0.05) is 24.3 Å². The van der Waals surface area contributed by atoms with Crippen LogP contribution in [0.15, 0.2) is 42.5 Å². The van der Waals surface area contributed by atoms with Crippen molar-refractivity contribution in [3.05, 3.63) is 62.7 Å². The maximum atomic E-state index is 12.1. The van der Waals surface area contributed by atoms with Gasteiger partial charge in [-0.3, -0.25) is 9.59 Å². The highest BCUT2D eigenvalue weighted by Crippen LogP contribution is 2.17. The van der Waals surface area contributed by atoms with E-state index in [1.165, 1.54) is 0 Å². The Labute approximate surface area is 144 Å². The lowest BCUT2D eigenvalue weighted by molar-refractivity contribution is -0.116. The van der Waals surface area contributed by atoms with E-state index in [2.05, 4.69) is 27.9 Å². The van der Waals surface area contributed by atoms with Crippen LogP contribution in [0.25, 0.3) is 0 Å². The Bertz CT molecular complexity index is 693. The molecule has 1 amide bonds. The fourth-order valence-corrected chi connectivity index (χ4v) is 2.45. The summed E-state index contributed by atoms with van der Waals surface area (Å²) in [6.45, 7) is 3.93. The van der Waals surface area contributed by atoms with E-state index in [1.54, 1.807) is 12.1 Å². The van der Waals surface area contributed by atoms with Crippen LogP contribution in [0, 0.1) is 17.4 Å². The summed E-state index contributed by atoms with van der Waals surface area (Å²) in [7, 11) is 0. The highest BCUT2D eigenvalue weighted by molar-refractivity contribution is 14.1.